The molecule has 1 aliphatic rings. The van der Waals surface area contributed by atoms with E-state index in [1.807, 2.05) is 0 Å². The number of fused-ring (bicyclic) bond motifs is 1. The molecule has 0 saturated heterocycles. The van der Waals surface area contributed by atoms with Crippen molar-refractivity contribution in [3.63, 3.8) is 0 Å². The zero-order valence-electron chi connectivity index (χ0n) is 8.64. The summed E-state index contributed by atoms with van der Waals surface area (Å²) >= 11 is 0. The monoisotopic (exact) mass is 192 g/mol. The molecule has 2 unspecified atom stereocenters. The first kappa shape index (κ1) is 9.59. The highest BCUT2D eigenvalue weighted by Gasteiger charge is 2.30. The van der Waals surface area contributed by atoms with Crippen LogP contribution in [0.4, 0.5) is 0 Å². The first-order valence-electron chi connectivity index (χ1n) is 5.17. The van der Waals surface area contributed by atoms with Crippen molar-refractivity contribution in [3.05, 3.63) is 23.5 Å². The minimum absolute atomic E-state index is 0.353. The highest BCUT2D eigenvalue weighted by atomic mass is 16.3. The maximum absolute atomic E-state index is 10.1. The van der Waals surface area contributed by atoms with Crippen molar-refractivity contribution in [2.75, 3.05) is 0 Å². The summed E-state index contributed by atoms with van der Waals surface area (Å²) in [6, 6.07) is 0. The summed E-state index contributed by atoms with van der Waals surface area (Å²) in [6.07, 6.45) is 5.20. The third-order valence-electron chi connectivity index (χ3n) is 3.18. The van der Waals surface area contributed by atoms with Crippen LogP contribution in [-0.4, -0.2) is 15.3 Å². The van der Waals surface area contributed by atoms with Crippen LogP contribution in [0, 0.1) is 11.8 Å². The average Bonchev–Trinajstić information content (AvgIpc) is 2.18. The lowest BCUT2D eigenvalue weighted by Crippen LogP contribution is -2.25. The number of aliphatic hydroxyl groups is 1. The molecule has 0 saturated carbocycles. The Balaban J connectivity index is 2.31. The Hall–Kier alpha value is -0.960. The second-order valence-corrected chi connectivity index (χ2v) is 4.36. The van der Waals surface area contributed by atoms with Crippen LogP contribution in [0.2, 0.25) is 0 Å². The van der Waals surface area contributed by atoms with Crippen molar-refractivity contribution < 1.29 is 5.11 Å². The fourth-order valence-corrected chi connectivity index (χ4v) is 2.24. The van der Waals surface area contributed by atoms with Crippen LogP contribution in [0.3, 0.4) is 0 Å². The predicted molar refractivity (Wildman–Crippen MR) is 53.6 cm³/mol. The van der Waals surface area contributed by atoms with E-state index in [4.69, 9.17) is 0 Å². The number of aryl methyl sites for hydroxylation is 1. The number of aliphatic hydroxyl groups excluding tert-OH is 1. The molecule has 0 spiro atoms. The van der Waals surface area contributed by atoms with Crippen LogP contribution < -0.4 is 0 Å². The van der Waals surface area contributed by atoms with Crippen LogP contribution in [0.1, 0.15) is 37.5 Å². The molecule has 1 aliphatic carbocycles. The van der Waals surface area contributed by atoms with Crippen molar-refractivity contribution in [1.29, 1.82) is 0 Å². The number of rotatable bonds is 1. The van der Waals surface area contributed by atoms with Crippen molar-refractivity contribution in [3.8, 4) is 0 Å². The van der Waals surface area contributed by atoms with Crippen molar-refractivity contribution in [2.45, 2.75) is 32.8 Å². The molecule has 2 rings (SSSR count). The molecular weight excluding hydrogens is 176 g/mol. The normalized spacial score (nSPS) is 26.3. The van der Waals surface area contributed by atoms with Gasteiger partial charge in [-0.2, -0.15) is 10.2 Å². The minimum atomic E-state index is -0.353. The quantitative estimate of drug-likeness (QED) is 0.737. The average molecular weight is 192 g/mol. The number of nitrogens with zero attached hydrogens (tertiary/aromatic N) is 2. The lowest BCUT2D eigenvalue weighted by Gasteiger charge is -2.31. The molecule has 0 radical (unpaired) electrons. The molecule has 1 aromatic heterocycles. The van der Waals surface area contributed by atoms with Crippen molar-refractivity contribution >= 4 is 0 Å². The first-order chi connectivity index (χ1) is 6.70. The smallest absolute Gasteiger partial charge is 0.0839 e. The van der Waals surface area contributed by atoms with E-state index in [0.29, 0.717) is 11.8 Å². The maximum atomic E-state index is 10.1. The summed E-state index contributed by atoms with van der Waals surface area (Å²) in [5.74, 6) is 0.887. The maximum Gasteiger partial charge on any atom is 0.0839 e. The highest BCUT2D eigenvalue weighted by molar-refractivity contribution is 5.26. The van der Waals surface area contributed by atoms with Gasteiger partial charge in [0, 0.05) is 5.56 Å². The summed E-state index contributed by atoms with van der Waals surface area (Å²) in [5, 5.41) is 17.8. The fourth-order valence-electron chi connectivity index (χ4n) is 2.24. The lowest BCUT2D eigenvalue weighted by atomic mass is 9.77. The molecule has 14 heavy (non-hydrogen) atoms. The lowest BCUT2D eigenvalue weighted by molar-refractivity contribution is 0.0664. The van der Waals surface area contributed by atoms with E-state index < -0.39 is 0 Å². The topological polar surface area (TPSA) is 46.0 Å². The molecule has 2 atom stereocenters. The molecule has 3 heteroatoms. The largest absolute Gasteiger partial charge is 0.388 e. The summed E-state index contributed by atoms with van der Waals surface area (Å²) < 4.78 is 0. The summed E-state index contributed by atoms with van der Waals surface area (Å²) in [6.45, 7) is 4.32. The second kappa shape index (κ2) is 3.65. The third-order valence-corrected chi connectivity index (χ3v) is 3.18. The van der Waals surface area contributed by atoms with E-state index in [2.05, 4.69) is 24.0 Å². The van der Waals surface area contributed by atoms with E-state index >= 15 is 0 Å². The molecular formula is C11H16N2O. The van der Waals surface area contributed by atoms with Gasteiger partial charge in [0.15, 0.2) is 0 Å². The Labute approximate surface area is 84.2 Å². The molecule has 76 valence electrons. The zero-order valence-corrected chi connectivity index (χ0v) is 8.64. The number of hydrogen-bond donors (Lipinski definition) is 1. The molecule has 0 bridgehead atoms. The molecule has 3 nitrogen and oxygen atoms in total. The minimum Gasteiger partial charge on any atom is -0.388 e. The molecule has 0 aromatic carbocycles. The SMILES string of the molecule is CC(C)C1CCc2cnncc2C1O. The Bertz CT molecular complexity index is 325. The van der Waals surface area contributed by atoms with Crippen molar-refractivity contribution in [2.24, 2.45) is 11.8 Å². The van der Waals surface area contributed by atoms with Gasteiger partial charge in [-0.3, -0.25) is 0 Å². The van der Waals surface area contributed by atoms with E-state index in [-0.39, 0.29) is 6.10 Å². The van der Waals surface area contributed by atoms with E-state index in [1.54, 1.807) is 12.4 Å². The summed E-state index contributed by atoms with van der Waals surface area (Å²) in [5.41, 5.74) is 2.13. The van der Waals surface area contributed by atoms with E-state index in [9.17, 15) is 5.11 Å². The van der Waals surface area contributed by atoms with Crippen LogP contribution >= 0.6 is 0 Å². The Morgan fingerprint density at radius 1 is 1.36 bits per heavy atom. The van der Waals surface area contributed by atoms with Crippen LogP contribution in [-0.2, 0) is 6.42 Å². The fraction of sp³-hybridized carbons (Fsp3) is 0.636. The summed E-state index contributed by atoms with van der Waals surface area (Å²) in [7, 11) is 0. The number of aromatic nitrogens is 2. The van der Waals surface area contributed by atoms with Crippen molar-refractivity contribution in [1.82, 2.24) is 10.2 Å². The molecule has 1 heterocycles. The zero-order chi connectivity index (χ0) is 10.1. The molecule has 0 amide bonds. The van der Waals surface area contributed by atoms with Crippen LogP contribution in [0.5, 0.6) is 0 Å². The van der Waals surface area contributed by atoms with Crippen LogP contribution in [0.15, 0.2) is 12.4 Å². The van der Waals surface area contributed by atoms with Gasteiger partial charge in [-0.1, -0.05) is 13.8 Å². The van der Waals surface area contributed by atoms with Gasteiger partial charge in [0.05, 0.1) is 18.5 Å². The van der Waals surface area contributed by atoms with Gasteiger partial charge in [-0.25, -0.2) is 0 Å². The van der Waals surface area contributed by atoms with Gasteiger partial charge in [0.25, 0.3) is 0 Å². The molecule has 0 aliphatic heterocycles. The van der Waals surface area contributed by atoms with Gasteiger partial charge in [0.1, 0.15) is 0 Å². The molecule has 1 aromatic rings. The predicted octanol–water partition coefficient (Wildman–Crippen LogP) is 1.73. The highest BCUT2D eigenvalue weighted by Crippen LogP contribution is 2.37. The van der Waals surface area contributed by atoms with Gasteiger partial charge in [0.2, 0.25) is 0 Å². The van der Waals surface area contributed by atoms with Gasteiger partial charge in [-0.15, -0.1) is 0 Å². The van der Waals surface area contributed by atoms with E-state index in [1.165, 1.54) is 0 Å². The first-order valence-corrected chi connectivity index (χ1v) is 5.17. The molecule has 0 fully saturated rings. The van der Waals surface area contributed by atoms with Crippen LogP contribution in [0.25, 0.3) is 0 Å². The molecule has 1 N–H and O–H groups in total. The standard InChI is InChI=1S/C11H16N2O/c1-7(2)9-4-3-8-5-12-13-6-10(8)11(9)14/h5-7,9,11,14H,3-4H2,1-2H3. The van der Waals surface area contributed by atoms with Gasteiger partial charge >= 0.3 is 0 Å². The Morgan fingerprint density at radius 2 is 2.07 bits per heavy atom. The van der Waals surface area contributed by atoms with E-state index in [0.717, 1.165) is 24.0 Å². The second-order valence-electron chi connectivity index (χ2n) is 4.36. The Morgan fingerprint density at radius 3 is 2.79 bits per heavy atom. The Kier molecular flexibility index (Phi) is 2.50. The number of hydrogen-bond acceptors (Lipinski definition) is 3. The van der Waals surface area contributed by atoms with Gasteiger partial charge < -0.3 is 5.11 Å². The third kappa shape index (κ3) is 1.52. The summed E-state index contributed by atoms with van der Waals surface area (Å²) in [4.78, 5) is 0. The van der Waals surface area contributed by atoms with Gasteiger partial charge in [-0.05, 0) is 30.2 Å².